The van der Waals surface area contributed by atoms with Gasteiger partial charge in [0.25, 0.3) is 5.56 Å². The standard InChI is InChI=1S/C14H12N2O7S3.2Na/c1-8-5-9(25(18,19)20)6-12(26(21,22)23)14(8)16-13(17)7-10(15-16)11-3-2-4-24-11;;/h2-7,15H,1H3,(H,18,19,20)(H,21,22,23);;/q;2*+1/p-2. The van der Waals surface area contributed by atoms with Gasteiger partial charge in [0.15, 0.2) is 0 Å². The molecule has 0 radical (unpaired) electrons. The first-order valence-electron chi connectivity index (χ1n) is 6.91. The van der Waals surface area contributed by atoms with Gasteiger partial charge in [-0.15, -0.1) is 11.3 Å². The van der Waals surface area contributed by atoms with E-state index in [1.54, 1.807) is 17.5 Å². The van der Waals surface area contributed by atoms with Gasteiger partial charge in [-0.2, -0.15) is 0 Å². The van der Waals surface area contributed by atoms with Crippen LogP contribution in [0.5, 0.6) is 0 Å². The molecule has 0 atom stereocenters. The zero-order valence-electron chi connectivity index (χ0n) is 15.0. The molecule has 1 aromatic carbocycles. The van der Waals surface area contributed by atoms with E-state index in [4.69, 9.17) is 0 Å². The van der Waals surface area contributed by atoms with E-state index in [2.05, 4.69) is 5.10 Å². The van der Waals surface area contributed by atoms with E-state index < -0.39 is 35.6 Å². The van der Waals surface area contributed by atoms with Crippen LogP contribution in [-0.4, -0.2) is 35.7 Å². The summed E-state index contributed by atoms with van der Waals surface area (Å²) in [6.45, 7) is 1.29. The van der Waals surface area contributed by atoms with Gasteiger partial charge < -0.3 is 9.11 Å². The van der Waals surface area contributed by atoms with Crippen molar-refractivity contribution in [3.05, 3.63) is 51.6 Å². The number of aryl methyl sites for hydroxylation is 1. The number of hydrogen-bond acceptors (Lipinski definition) is 8. The Morgan fingerprint density at radius 1 is 1.04 bits per heavy atom. The third-order valence-electron chi connectivity index (χ3n) is 3.53. The first-order valence-corrected chi connectivity index (χ1v) is 10.6. The van der Waals surface area contributed by atoms with Gasteiger partial charge in [-0.25, -0.2) is 21.5 Å². The molecule has 28 heavy (non-hydrogen) atoms. The summed E-state index contributed by atoms with van der Waals surface area (Å²) in [7, 11) is -10.2. The molecule has 1 N–H and O–H groups in total. The number of hydrogen-bond donors (Lipinski definition) is 1. The largest absolute Gasteiger partial charge is 1.00 e. The van der Waals surface area contributed by atoms with Crippen LogP contribution in [0.3, 0.4) is 0 Å². The number of nitrogens with zero attached hydrogens (tertiary/aromatic N) is 1. The zero-order valence-corrected chi connectivity index (χ0v) is 21.4. The molecular weight excluding hydrogens is 450 g/mol. The van der Waals surface area contributed by atoms with E-state index in [1.165, 1.54) is 24.3 Å². The van der Waals surface area contributed by atoms with Crippen LogP contribution in [0, 0.1) is 6.92 Å². The second-order valence-electron chi connectivity index (χ2n) is 5.32. The minimum absolute atomic E-state index is 0. The van der Waals surface area contributed by atoms with Crippen LogP contribution < -0.4 is 64.7 Å². The number of benzene rings is 1. The van der Waals surface area contributed by atoms with Crippen molar-refractivity contribution in [2.24, 2.45) is 0 Å². The predicted octanol–water partition coefficient (Wildman–Crippen LogP) is -4.98. The fourth-order valence-corrected chi connectivity index (χ4v) is 4.57. The second-order valence-corrected chi connectivity index (χ2v) is 8.99. The second kappa shape index (κ2) is 9.27. The van der Waals surface area contributed by atoms with Crippen LogP contribution in [0.25, 0.3) is 16.3 Å². The molecule has 14 heteroatoms. The molecule has 0 aliphatic carbocycles. The summed E-state index contributed by atoms with van der Waals surface area (Å²) in [6.07, 6.45) is 0. The predicted molar refractivity (Wildman–Crippen MR) is 90.4 cm³/mol. The van der Waals surface area contributed by atoms with E-state index in [9.17, 15) is 30.7 Å². The van der Waals surface area contributed by atoms with Crippen molar-refractivity contribution in [1.29, 1.82) is 0 Å². The quantitative estimate of drug-likeness (QED) is 0.302. The maximum Gasteiger partial charge on any atom is 1.00 e. The minimum Gasteiger partial charge on any atom is -0.744 e. The van der Waals surface area contributed by atoms with Gasteiger partial charge in [-0.05, 0) is 36.1 Å². The summed E-state index contributed by atoms with van der Waals surface area (Å²) in [6, 6.07) is 6.06. The van der Waals surface area contributed by atoms with Crippen LogP contribution in [0.15, 0.2) is 50.3 Å². The van der Waals surface area contributed by atoms with Crippen molar-refractivity contribution in [3.63, 3.8) is 0 Å². The third kappa shape index (κ3) is 5.26. The molecule has 0 saturated heterocycles. The van der Waals surface area contributed by atoms with E-state index in [-0.39, 0.29) is 70.4 Å². The van der Waals surface area contributed by atoms with Crippen LogP contribution in [-0.2, 0) is 20.2 Å². The van der Waals surface area contributed by atoms with Crippen molar-refractivity contribution in [2.75, 3.05) is 0 Å². The van der Waals surface area contributed by atoms with Gasteiger partial charge in [0.05, 0.1) is 26.0 Å². The van der Waals surface area contributed by atoms with Gasteiger partial charge in [-0.3, -0.25) is 9.89 Å². The topological polar surface area (TPSA) is 152 Å². The molecule has 0 saturated carbocycles. The number of H-pyrrole nitrogens is 1. The summed E-state index contributed by atoms with van der Waals surface area (Å²) in [5, 5.41) is 4.47. The molecule has 0 aliphatic heterocycles. The molecule has 2 aromatic heterocycles. The number of aromatic nitrogens is 2. The summed E-state index contributed by atoms with van der Waals surface area (Å²) in [5.41, 5.74) is -0.642. The SMILES string of the molecule is Cc1cc(S(=O)(=O)[O-])cc(S(=O)(=O)[O-])c1-n1[nH]c(-c2cccs2)cc1=O.[Na+].[Na+]. The summed E-state index contributed by atoms with van der Waals surface area (Å²) in [5.74, 6) is 0. The zero-order chi connectivity index (χ0) is 19.3. The monoisotopic (exact) mass is 460 g/mol. The Balaban J connectivity index is 0.00000196. The molecule has 138 valence electrons. The molecule has 0 bridgehead atoms. The van der Waals surface area contributed by atoms with Gasteiger partial charge >= 0.3 is 59.1 Å². The maximum atomic E-state index is 12.3. The molecule has 0 spiro atoms. The maximum absolute atomic E-state index is 12.3. The Morgan fingerprint density at radius 2 is 1.68 bits per heavy atom. The van der Waals surface area contributed by atoms with E-state index in [1.807, 2.05) is 0 Å². The van der Waals surface area contributed by atoms with Crippen LogP contribution in [0.1, 0.15) is 5.56 Å². The number of thiophene rings is 1. The Bertz CT molecular complexity index is 1260. The fourth-order valence-electron chi connectivity index (χ4n) is 2.46. The molecular formula is C14H10N2Na2O7S3. The van der Waals surface area contributed by atoms with Crippen molar-refractivity contribution in [2.45, 2.75) is 16.7 Å². The summed E-state index contributed by atoms with van der Waals surface area (Å²) in [4.78, 5) is 11.2. The minimum atomic E-state index is -5.18. The number of nitrogens with one attached hydrogen (secondary N) is 1. The van der Waals surface area contributed by atoms with Crippen LogP contribution in [0.4, 0.5) is 0 Å². The number of rotatable bonds is 4. The first kappa shape index (κ1) is 25.8. The Kier molecular flexibility index (Phi) is 8.53. The van der Waals surface area contributed by atoms with Crippen molar-refractivity contribution in [1.82, 2.24) is 9.78 Å². The van der Waals surface area contributed by atoms with Gasteiger partial charge in [-0.1, -0.05) is 6.07 Å². The summed E-state index contributed by atoms with van der Waals surface area (Å²) >= 11 is 1.33. The van der Waals surface area contributed by atoms with Crippen LogP contribution >= 0.6 is 11.3 Å². The molecule has 9 nitrogen and oxygen atoms in total. The molecule has 0 aliphatic rings. The smallest absolute Gasteiger partial charge is 0.744 e. The van der Waals surface area contributed by atoms with Crippen LogP contribution in [0.2, 0.25) is 0 Å². The molecule has 3 rings (SSSR count). The molecule has 0 unspecified atom stereocenters. The normalized spacial score (nSPS) is 11.5. The molecule has 0 amide bonds. The van der Waals surface area contributed by atoms with E-state index in [0.29, 0.717) is 16.6 Å². The van der Waals surface area contributed by atoms with E-state index in [0.717, 1.165) is 10.7 Å². The van der Waals surface area contributed by atoms with Crippen molar-refractivity contribution >= 4 is 31.6 Å². The average molecular weight is 460 g/mol. The molecule has 0 fully saturated rings. The molecule has 3 aromatic rings. The van der Waals surface area contributed by atoms with E-state index >= 15 is 0 Å². The average Bonchev–Trinajstić information content (AvgIpc) is 3.14. The Hall–Kier alpha value is -0.250. The van der Waals surface area contributed by atoms with Gasteiger partial charge in [0, 0.05) is 6.07 Å². The Labute approximate surface area is 208 Å². The van der Waals surface area contributed by atoms with Gasteiger partial charge in [0.2, 0.25) is 0 Å². The first-order chi connectivity index (χ1) is 12.0. The van der Waals surface area contributed by atoms with Gasteiger partial charge in [0.1, 0.15) is 20.2 Å². The number of aromatic amines is 1. The van der Waals surface area contributed by atoms with Crippen molar-refractivity contribution in [3.8, 4) is 16.3 Å². The Morgan fingerprint density at radius 3 is 2.18 bits per heavy atom. The molecule has 2 heterocycles. The third-order valence-corrected chi connectivity index (χ3v) is 6.09. The fraction of sp³-hybridized carbons (Fsp3) is 0.0714. The van der Waals surface area contributed by atoms with Crippen molar-refractivity contribution < 1.29 is 85.1 Å². The summed E-state index contributed by atoms with van der Waals surface area (Å²) < 4.78 is 69.3.